The molecule has 0 atom stereocenters. The van der Waals surface area contributed by atoms with Crippen LogP contribution in [0, 0.1) is 0 Å². The third kappa shape index (κ3) is 4.13. The van der Waals surface area contributed by atoms with Crippen LogP contribution in [0.25, 0.3) is 5.65 Å². The van der Waals surface area contributed by atoms with Gasteiger partial charge < -0.3 is 14.6 Å². The minimum absolute atomic E-state index is 0. The smallest absolute Gasteiger partial charge is 0.194 e. The van der Waals surface area contributed by atoms with Gasteiger partial charge in [0.2, 0.25) is 0 Å². The SMILES string of the molecule is CCNC(=NCc1cn2cc(Br)ccc2n1)N1CCCC1.I. The third-order valence-electron chi connectivity index (χ3n) is 3.60. The van der Waals surface area contributed by atoms with Gasteiger partial charge in [0.15, 0.2) is 5.96 Å². The highest BCUT2D eigenvalue weighted by molar-refractivity contribution is 14.0. The molecule has 3 rings (SSSR count). The van der Waals surface area contributed by atoms with E-state index in [4.69, 9.17) is 4.99 Å². The largest absolute Gasteiger partial charge is 0.357 e. The highest BCUT2D eigenvalue weighted by atomic mass is 127. The fourth-order valence-electron chi connectivity index (χ4n) is 2.60. The van der Waals surface area contributed by atoms with Crippen LogP contribution in [-0.2, 0) is 6.54 Å². The second kappa shape index (κ2) is 8.14. The number of guanidine groups is 1. The van der Waals surface area contributed by atoms with E-state index in [9.17, 15) is 0 Å². The summed E-state index contributed by atoms with van der Waals surface area (Å²) < 4.78 is 3.07. The van der Waals surface area contributed by atoms with Crippen LogP contribution in [0.15, 0.2) is 34.0 Å². The molecule has 0 amide bonds. The zero-order valence-corrected chi connectivity index (χ0v) is 16.5. The summed E-state index contributed by atoms with van der Waals surface area (Å²) in [6.45, 7) is 5.81. The van der Waals surface area contributed by atoms with Gasteiger partial charge in [0.1, 0.15) is 5.65 Å². The summed E-state index contributed by atoms with van der Waals surface area (Å²) in [5, 5.41) is 3.37. The molecular weight excluding hydrogens is 457 g/mol. The number of fused-ring (bicyclic) bond motifs is 1. The van der Waals surface area contributed by atoms with Crippen molar-refractivity contribution < 1.29 is 0 Å². The van der Waals surface area contributed by atoms with Gasteiger partial charge in [-0.15, -0.1) is 24.0 Å². The number of rotatable bonds is 3. The van der Waals surface area contributed by atoms with Crippen LogP contribution in [0.5, 0.6) is 0 Å². The summed E-state index contributed by atoms with van der Waals surface area (Å²) >= 11 is 3.48. The van der Waals surface area contributed by atoms with E-state index in [-0.39, 0.29) is 24.0 Å². The second-order valence-electron chi connectivity index (χ2n) is 5.21. The van der Waals surface area contributed by atoms with Crippen molar-refractivity contribution in [3.05, 3.63) is 34.7 Å². The first kappa shape index (κ1) is 17.5. The van der Waals surface area contributed by atoms with E-state index in [0.29, 0.717) is 6.54 Å². The van der Waals surface area contributed by atoms with Gasteiger partial charge in [0.05, 0.1) is 12.2 Å². The summed E-state index contributed by atoms with van der Waals surface area (Å²) in [5.41, 5.74) is 1.94. The number of aliphatic imine (C=N–C) groups is 1. The fourth-order valence-corrected chi connectivity index (χ4v) is 2.96. The molecule has 0 bridgehead atoms. The zero-order chi connectivity index (χ0) is 14.7. The number of nitrogens with zero attached hydrogens (tertiary/aromatic N) is 4. The van der Waals surface area contributed by atoms with Crippen LogP contribution >= 0.6 is 39.9 Å². The number of pyridine rings is 1. The number of hydrogen-bond acceptors (Lipinski definition) is 2. The minimum Gasteiger partial charge on any atom is -0.357 e. The number of imidazole rings is 1. The Morgan fingerprint density at radius 2 is 2.09 bits per heavy atom. The van der Waals surface area contributed by atoms with Crippen molar-refractivity contribution in [2.24, 2.45) is 4.99 Å². The molecule has 1 aliphatic rings. The fraction of sp³-hybridized carbons (Fsp3) is 0.467. The van der Waals surface area contributed by atoms with Crippen LogP contribution < -0.4 is 5.32 Å². The molecular formula is C15H21BrIN5. The number of hydrogen-bond donors (Lipinski definition) is 1. The molecule has 0 aliphatic carbocycles. The van der Waals surface area contributed by atoms with Crippen molar-refractivity contribution in [1.29, 1.82) is 0 Å². The molecule has 3 heterocycles. The molecule has 0 saturated carbocycles. The van der Waals surface area contributed by atoms with E-state index in [1.165, 1.54) is 12.8 Å². The maximum Gasteiger partial charge on any atom is 0.194 e. The molecule has 120 valence electrons. The van der Waals surface area contributed by atoms with Crippen LogP contribution in [0.4, 0.5) is 0 Å². The summed E-state index contributed by atoms with van der Waals surface area (Å²) in [5.74, 6) is 1.01. The van der Waals surface area contributed by atoms with Gasteiger partial charge in [-0.05, 0) is 47.8 Å². The summed E-state index contributed by atoms with van der Waals surface area (Å²) in [7, 11) is 0. The van der Waals surface area contributed by atoms with Gasteiger partial charge in [-0.3, -0.25) is 0 Å². The Labute approximate surface area is 156 Å². The van der Waals surface area contributed by atoms with Crippen molar-refractivity contribution in [3.63, 3.8) is 0 Å². The van der Waals surface area contributed by atoms with Crippen molar-refractivity contribution in [2.75, 3.05) is 19.6 Å². The highest BCUT2D eigenvalue weighted by Crippen LogP contribution is 2.13. The van der Waals surface area contributed by atoms with Gasteiger partial charge in [-0.25, -0.2) is 9.98 Å². The number of halogens is 2. The van der Waals surface area contributed by atoms with Crippen molar-refractivity contribution in [1.82, 2.24) is 19.6 Å². The lowest BCUT2D eigenvalue weighted by atomic mass is 10.4. The molecule has 0 aromatic carbocycles. The molecule has 0 unspecified atom stereocenters. The Hall–Kier alpha value is -0.830. The molecule has 22 heavy (non-hydrogen) atoms. The first-order valence-corrected chi connectivity index (χ1v) is 8.22. The van der Waals surface area contributed by atoms with Crippen molar-refractivity contribution in [3.8, 4) is 0 Å². The predicted octanol–water partition coefficient (Wildman–Crippen LogP) is 3.28. The standard InChI is InChI=1S/C15H20BrN5.HI/c1-2-17-15(20-7-3-4-8-20)18-9-13-11-21-10-12(16)5-6-14(21)19-13;/h5-6,10-11H,2-4,7-9H2,1H3,(H,17,18);1H. The molecule has 1 N–H and O–H groups in total. The molecule has 0 spiro atoms. The van der Waals surface area contributed by atoms with E-state index in [0.717, 1.165) is 41.4 Å². The molecule has 5 nitrogen and oxygen atoms in total. The Kier molecular flexibility index (Phi) is 6.49. The molecule has 1 saturated heterocycles. The lowest BCUT2D eigenvalue weighted by molar-refractivity contribution is 0.493. The first-order chi connectivity index (χ1) is 10.3. The molecule has 1 aliphatic heterocycles. The number of nitrogens with one attached hydrogen (secondary N) is 1. The van der Waals surface area contributed by atoms with Gasteiger partial charge >= 0.3 is 0 Å². The zero-order valence-electron chi connectivity index (χ0n) is 12.6. The highest BCUT2D eigenvalue weighted by Gasteiger charge is 2.15. The van der Waals surface area contributed by atoms with E-state index < -0.39 is 0 Å². The molecule has 7 heteroatoms. The molecule has 2 aromatic heterocycles. The maximum absolute atomic E-state index is 4.73. The molecule has 2 aromatic rings. The maximum atomic E-state index is 4.73. The van der Waals surface area contributed by atoms with Crippen LogP contribution in [0.3, 0.4) is 0 Å². The molecule has 0 radical (unpaired) electrons. The second-order valence-corrected chi connectivity index (χ2v) is 6.13. The summed E-state index contributed by atoms with van der Waals surface area (Å²) in [6.07, 6.45) is 6.57. The lowest BCUT2D eigenvalue weighted by Crippen LogP contribution is -2.39. The van der Waals surface area contributed by atoms with Crippen molar-refractivity contribution >= 4 is 51.5 Å². The quantitative estimate of drug-likeness (QED) is 0.419. The third-order valence-corrected chi connectivity index (χ3v) is 4.07. The van der Waals surface area contributed by atoms with Crippen LogP contribution in [0.1, 0.15) is 25.5 Å². The lowest BCUT2D eigenvalue weighted by Gasteiger charge is -2.20. The average molecular weight is 478 g/mol. The summed E-state index contributed by atoms with van der Waals surface area (Å²) in [6, 6.07) is 4.01. The monoisotopic (exact) mass is 477 g/mol. The predicted molar refractivity (Wildman–Crippen MR) is 104 cm³/mol. The van der Waals surface area contributed by atoms with E-state index in [1.54, 1.807) is 0 Å². The Morgan fingerprint density at radius 3 is 2.82 bits per heavy atom. The Morgan fingerprint density at radius 1 is 1.32 bits per heavy atom. The average Bonchev–Trinajstić information content (AvgIpc) is 3.12. The van der Waals surface area contributed by atoms with Gasteiger partial charge in [-0.2, -0.15) is 0 Å². The van der Waals surface area contributed by atoms with Crippen LogP contribution in [-0.4, -0.2) is 39.9 Å². The van der Waals surface area contributed by atoms with Gasteiger partial charge in [0.25, 0.3) is 0 Å². The van der Waals surface area contributed by atoms with E-state index >= 15 is 0 Å². The normalized spacial score (nSPS) is 15.2. The topological polar surface area (TPSA) is 44.9 Å². The number of aromatic nitrogens is 2. The molecule has 1 fully saturated rings. The van der Waals surface area contributed by atoms with Crippen LogP contribution in [0.2, 0.25) is 0 Å². The Balaban J connectivity index is 0.00000176. The van der Waals surface area contributed by atoms with Gasteiger partial charge in [-0.1, -0.05) is 0 Å². The van der Waals surface area contributed by atoms with Gasteiger partial charge in [0, 0.05) is 36.5 Å². The number of likely N-dealkylation sites (tertiary alicyclic amines) is 1. The van der Waals surface area contributed by atoms with E-state index in [1.807, 2.05) is 28.9 Å². The van der Waals surface area contributed by atoms with E-state index in [2.05, 4.69) is 38.1 Å². The van der Waals surface area contributed by atoms with Crippen molar-refractivity contribution in [2.45, 2.75) is 26.3 Å². The summed E-state index contributed by atoms with van der Waals surface area (Å²) in [4.78, 5) is 11.7. The minimum atomic E-state index is 0. The Bertz CT molecular complexity index is 648. The first-order valence-electron chi connectivity index (χ1n) is 7.42.